The van der Waals surface area contributed by atoms with Crippen LogP contribution >= 0.6 is 0 Å². The number of benzene rings is 3. The van der Waals surface area contributed by atoms with E-state index in [2.05, 4.69) is 10.6 Å². The Balaban J connectivity index is 1.76. The molecule has 0 aromatic heterocycles. The summed E-state index contributed by atoms with van der Waals surface area (Å²) in [6.45, 7) is 4.12. The van der Waals surface area contributed by atoms with E-state index in [-0.39, 0.29) is 19.1 Å². The summed E-state index contributed by atoms with van der Waals surface area (Å²) in [5.74, 6) is 0.170. The number of nitrogen functional groups attached to an aromatic ring is 1. The number of aliphatic hydroxyl groups is 1. The second kappa shape index (κ2) is 15.9. The summed E-state index contributed by atoms with van der Waals surface area (Å²) in [7, 11) is 0. The highest BCUT2D eigenvalue weighted by molar-refractivity contribution is 6.01. The fourth-order valence-corrected chi connectivity index (χ4v) is 4.01. The molecule has 5 N–H and O–H groups in total. The molecule has 9 nitrogen and oxygen atoms in total. The van der Waals surface area contributed by atoms with Crippen LogP contribution in [0.25, 0.3) is 0 Å². The molecule has 0 aliphatic carbocycles. The van der Waals surface area contributed by atoms with Gasteiger partial charge < -0.3 is 30.4 Å². The van der Waals surface area contributed by atoms with Crippen molar-refractivity contribution in [3.05, 3.63) is 96.1 Å². The van der Waals surface area contributed by atoms with Gasteiger partial charge in [-0.05, 0) is 63.1 Å². The van der Waals surface area contributed by atoms with Gasteiger partial charge in [-0.15, -0.1) is 0 Å². The van der Waals surface area contributed by atoms with Crippen molar-refractivity contribution < 1.29 is 28.9 Å². The van der Waals surface area contributed by atoms with Gasteiger partial charge in [0.05, 0.1) is 24.1 Å². The highest BCUT2D eigenvalue weighted by Crippen LogP contribution is 2.34. The van der Waals surface area contributed by atoms with Crippen molar-refractivity contribution >= 4 is 29.1 Å². The van der Waals surface area contributed by atoms with E-state index in [1.807, 2.05) is 32.0 Å². The first kappa shape index (κ1) is 30.2. The Bertz CT molecular complexity index is 1260. The van der Waals surface area contributed by atoms with Gasteiger partial charge in [0.2, 0.25) is 5.91 Å². The lowest BCUT2D eigenvalue weighted by atomic mass is 9.99. The van der Waals surface area contributed by atoms with E-state index in [1.165, 1.54) is 6.08 Å². The fourth-order valence-electron chi connectivity index (χ4n) is 4.01. The topological polar surface area (TPSA) is 132 Å². The van der Waals surface area contributed by atoms with Gasteiger partial charge in [-0.25, -0.2) is 4.79 Å². The minimum atomic E-state index is -0.827. The Morgan fingerprint density at radius 2 is 1.73 bits per heavy atom. The summed E-state index contributed by atoms with van der Waals surface area (Å²) in [6.07, 6.45) is 2.07. The van der Waals surface area contributed by atoms with Crippen LogP contribution in [0.4, 0.5) is 21.9 Å². The largest absolute Gasteiger partial charge is 0.491 e. The molecule has 0 bridgehead atoms. The Morgan fingerprint density at radius 1 is 1.00 bits per heavy atom. The number of rotatable bonds is 14. The van der Waals surface area contributed by atoms with Gasteiger partial charge in [0.25, 0.3) is 0 Å². The van der Waals surface area contributed by atoms with Crippen LogP contribution in [0.3, 0.4) is 0 Å². The molecule has 0 heterocycles. The van der Waals surface area contributed by atoms with Gasteiger partial charge in [0.15, 0.2) is 6.10 Å². The van der Waals surface area contributed by atoms with Crippen molar-refractivity contribution in [1.82, 2.24) is 0 Å². The summed E-state index contributed by atoms with van der Waals surface area (Å²) >= 11 is 0. The molecule has 3 aromatic carbocycles. The Morgan fingerprint density at radius 3 is 2.45 bits per heavy atom. The minimum Gasteiger partial charge on any atom is -0.491 e. The molecule has 0 radical (unpaired) electrons. The van der Waals surface area contributed by atoms with Crippen LogP contribution < -0.4 is 21.1 Å². The summed E-state index contributed by atoms with van der Waals surface area (Å²) in [5.41, 5.74) is 9.18. The van der Waals surface area contributed by atoms with E-state index in [0.717, 1.165) is 5.56 Å². The van der Waals surface area contributed by atoms with Crippen LogP contribution in [0.15, 0.2) is 84.9 Å². The van der Waals surface area contributed by atoms with Crippen LogP contribution in [0.2, 0.25) is 0 Å². The third kappa shape index (κ3) is 9.44. The number of ether oxygens (including phenoxy) is 3. The summed E-state index contributed by atoms with van der Waals surface area (Å²) < 4.78 is 17.7. The normalized spacial score (nSPS) is 12.5. The average molecular weight is 548 g/mol. The van der Waals surface area contributed by atoms with Crippen LogP contribution in [0.1, 0.15) is 37.0 Å². The molecule has 0 aliphatic rings. The molecule has 2 atom stereocenters. The van der Waals surface area contributed by atoms with Crippen molar-refractivity contribution in [3.63, 3.8) is 0 Å². The smallest absolute Gasteiger partial charge is 0.412 e. The number of hydrogen-bond acceptors (Lipinski definition) is 7. The highest BCUT2D eigenvalue weighted by Gasteiger charge is 2.30. The first-order valence-corrected chi connectivity index (χ1v) is 13.2. The summed E-state index contributed by atoms with van der Waals surface area (Å²) in [4.78, 5) is 25.4. The molecular formula is C31H37N3O6. The van der Waals surface area contributed by atoms with E-state index in [1.54, 1.807) is 60.7 Å². The standard InChI is InChI=1S/C31H37N3O6/c1-3-38-28(14-8-9-15-29(36)34-26-12-6-5-11-25(26)32)30(24-10-4-7-13-27(24)39-21-20-35)40-31(37)33-23-18-16-22(2)17-19-23/h4-7,9-13,15-19,28,30,35H,3,8,14,20-21,32H2,1-2H3,(H,33,37)(H,34,36)/b15-9+/t28-,30-/m1/s1. The highest BCUT2D eigenvalue weighted by atomic mass is 16.6. The molecule has 0 unspecified atom stereocenters. The van der Waals surface area contributed by atoms with Crippen molar-refractivity contribution in [2.24, 2.45) is 0 Å². The Kier molecular flexibility index (Phi) is 12.0. The van der Waals surface area contributed by atoms with Crippen LogP contribution in [0, 0.1) is 6.92 Å². The van der Waals surface area contributed by atoms with E-state index < -0.39 is 18.3 Å². The van der Waals surface area contributed by atoms with Gasteiger partial charge >= 0.3 is 6.09 Å². The molecule has 0 aliphatic heterocycles. The molecule has 40 heavy (non-hydrogen) atoms. The molecule has 212 valence electrons. The number of allylic oxidation sites excluding steroid dienone is 1. The van der Waals surface area contributed by atoms with E-state index >= 15 is 0 Å². The van der Waals surface area contributed by atoms with Crippen molar-refractivity contribution in [1.29, 1.82) is 0 Å². The number of carbonyl (C=O) groups is 2. The third-order valence-corrected chi connectivity index (χ3v) is 5.93. The first-order valence-electron chi connectivity index (χ1n) is 13.2. The maximum absolute atomic E-state index is 13.0. The summed E-state index contributed by atoms with van der Waals surface area (Å²) in [6, 6.07) is 21.6. The average Bonchev–Trinajstić information content (AvgIpc) is 2.95. The molecule has 0 saturated heterocycles. The van der Waals surface area contributed by atoms with E-state index in [9.17, 15) is 14.7 Å². The SMILES string of the molecule is CCO[C@H](CC/C=C/C(=O)Nc1ccccc1N)[C@H](OC(=O)Nc1ccc(C)cc1)c1ccccc1OCCO. The lowest BCUT2D eigenvalue weighted by Crippen LogP contribution is -2.29. The van der Waals surface area contributed by atoms with Gasteiger partial charge in [0, 0.05) is 17.9 Å². The summed E-state index contributed by atoms with van der Waals surface area (Å²) in [5, 5.41) is 14.8. The second-order valence-electron chi connectivity index (χ2n) is 8.98. The van der Waals surface area contributed by atoms with Crippen molar-refractivity contribution in [2.75, 3.05) is 36.2 Å². The number of carbonyl (C=O) groups excluding carboxylic acids is 2. The molecule has 0 saturated carbocycles. The molecule has 0 spiro atoms. The zero-order valence-electron chi connectivity index (χ0n) is 22.8. The number of amides is 2. The minimum absolute atomic E-state index is 0.0857. The van der Waals surface area contributed by atoms with Gasteiger partial charge in [-0.3, -0.25) is 10.1 Å². The van der Waals surface area contributed by atoms with Gasteiger partial charge in [0.1, 0.15) is 12.4 Å². The number of nitrogens with one attached hydrogen (secondary N) is 2. The lowest BCUT2D eigenvalue weighted by Gasteiger charge is -2.28. The number of anilines is 3. The zero-order valence-corrected chi connectivity index (χ0v) is 22.8. The number of nitrogens with two attached hydrogens (primary N) is 1. The number of aryl methyl sites for hydroxylation is 1. The second-order valence-corrected chi connectivity index (χ2v) is 8.98. The number of hydrogen-bond donors (Lipinski definition) is 4. The molecule has 3 aromatic rings. The maximum atomic E-state index is 13.0. The third-order valence-electron chi connectivity index (χ3n) is 5.93. The van der Waals surface area contributed by atoms with Crippen LogP contribution in [-0.4, -0.2) is 43.0 Å². The maximum Gasteiger partial charge on any atom is 0.412 e. The zero-order chi connectivity index (χ0) is 28.7. The molecule has 3 rings (SSSR count). The molecule has 9 heteroatoms. The van der Waals surface area contributed by atoms with Gasteiger partial charge in [-0.1, -0.05) is 54.1 Å². The van der Waals surface area contributed by atoms with E-state index in [4.69, 9.17) is 19.9 Å². The van der Waals surface area contributed by atoms with Gasteiger partial charge in [-0.2, -0.15) is 0 Å². The number of para-hydroxylation sites is 3. The lowest BCUT2D eigenvalue weighted by molar-refractivity contribution is -0.111. The van der Waals surface area contributed by atoms with Crippen LogP contribution in [0.5, 0.6) is 5.75 Å². The quantitative estimate of drug-likeness (QED) is 0.152. The molecule has 2 amide bonds. The Labute approximate surface area is 234 Å². The predicted octanol–water partition coefficient (Wildman–Crippen LogP) is 5.62. The van der Waals surface area contributed by atoms with Crippen LogP contribution in [-0.2, 0) is 14.3 Å². The first-order chi connectivity index (χ1) is 19.4. The van der Waals surface area contributed by atoms with Crippen molar-refractivity contribution in [3.8, 4) is 5.75 Å². The van der Waals surface area contributed by atoms with Crippen molar-refractivity contribution in [2.45, 2.75) is 38.9 Å². The molecule has 0 fully saturated rings. The Hall–Kier alpha value is -4.34. The number of aliphatic hydroxyl groups excluding tert-OH is 1. The fraction of sp³-hybridized carbons (Fsp3) is 0.290. The van der Waals surface area contributed by atoms with E-state index in [0.29, 0.717) is 47.8 Å². The molecular weight excluding hydrogens is 510 g/mol. The predicted molar refractivity (Wildman–Crippen MR) is 156 cm³/mol. The monoisotopic (exact) mass is 547 g/mol.